The third kappa shape index (κ3) is 2.05. The lowest BCUT2D eigenvalue weighted by Gasteiger charge is -2.43. The van der Waals surface area contributed by atoms with E-state index in [0.717, 1.165) is 35.7 Å². The fourth-order valence-electron chi connectivity index (χ4n) is 3.08. The quantitative estimate of drug-likeness (QED) is 0.900. The lowest BCUT2D eigenvalue weighted by atomic mass is 9.68. The summed E-state index contributed by atoms with van der Waals surface area (Å²) in [6.45, 7) is 2.45. The van der Waals surface area contributed by atoms with Crippen LogP contribution < -0.4 is 5.73 Å². The van der Waals surface area contributed by atoms with Gasteiger partial charge in [0, 0.05) is 16.4 Å². The Bertz CT molecular complexity index is 397. The van der Waals surface area contributed by atoms with Crippen LogP contribution in [0.4, 0.5) is 0 Å². The second kappa shape index (κ2) is 4.71. The monoisotopic (exact) mass is 297 g/mol. The van der Waals surface area contributed by atoms with E-state index in [1.54, 1.807) is 0 Å². The van der Waals surface area contributed by atoms with Gasteiger partial charge < -0.3 is 10.8 Å². The molecule has 0 amide bonds. The molecule has 0 radical (unpaired) electrons. The molecule has 1 unspecified atom stereocenters. The molecule has 1 aliphatic rings. The van der Waals surface area contributed by atoms with Crippen molar-refractivity contribution >= 4 is 15.9 Å². The summed E-state index contributed by atoms with van der Waals surface area (Å²) in [5.74, 6) is 0. The minimum absolute atomic E-state index is 0.170. The predicted octanol–water partition coefficient (Wildman–Crippen LogP) is 3.18. The molecule has 3 N–H and O–H groups in total. The van der Waals surface area contributed by atoms with Crippen molar-refractivity contribution in [2.24, 2.45) is 11.1 Å². The standard InChI is InChI=1S/C14H20BrNO/c1-13(17,11-6-2-3-7-12(11)15)14(10-16)8-4-5-9-14/h2-3,6-7,17H,4-5,8-10,16H2,1H3. The normalized spacial score (nSPS) is 22.4. The average Bonchev–Trinajstić information content (AvgIpc) is 2.79. The van der Waals surface area contributed by atoms with Gasteiger partial charge in [0.2, 0.25) is 0 Å². The Kier molecular flexibility index (Phi) is 3.62. The van der Waals surface area contributed by atoms with Crippen molar-refractivity contribution in [3.8, 4) is 0 Å². The molecule has 1 atom stereocenters. The molecule has 3 heteroatoms. The summed E-state index contributed by atoms with van der Waals surface area (Å²) < 4.78 is 0.963. The van der Waals surface area contributed by atoms with Crippen LogP contribution in [0.15, 0.2) is 28.7 Å². The van der Waals surface area contributed by atoms with E-state index < -0.39 is 5.60 Å². The third-order valence-electron chi connectivity index (χ3n) is 4.38. The summed E-state index contributed by atoms with van der Waals surface area (Å²) in [5.41, 5.74) is 5.89. The van der Waals surface area contributed by atoms with Gasteiger partial charge in [0.05, 0.1) is 5.60 Å². The molecule has 94 valence electrons. The molecule has 1 fully saturated rings. The number of benzene rings is 1. The Labute approximate surface area is 111 Å². The third-order valence-corrected chi connectivity index (χ3v) is 5.07. The summed E-state index contributed by atoms with van der Waals surface area (Å²) in [7, 11) is 0. The number of rotatable bonds is 3. The fraction of sp³-hybridized carbons (Fsp3) is 0.571. The molecular weight excluding hydrogens is 278 g/mol. The van der Waals surface area contributed by atoms with Crippen LogP contribution in [0.3, 0.4) is 0 Å². The maximum atomic E-state index is 11.0. The summed E-state index contributed by atoms with van der Waals surface area (Å²) in [6, 6.07) is 7.89. The van der Waals surface area contributed by atoms with E-state index in [1.807, 2.05) is 31.2 Å². The highest BCUT2D eigenvalue weighted by molar-refractivity contribution is 9.10. The molecule has 1 aromatic rings. The van der Waals surface area contributed by atoms with Crippen LogP contribution in [0.1, 0.15) is 38.2 Å². The first-order valence-corrected chi connectivity index (χ1v) is 7.00. The number of hydrogen-bond acceptors (Lipinski definition) is 2. The lowest BCUT2D eigenvalue weighted by molar-refractivity contribution is -0.0699. The molecular formula is C14H20BrNO. The van der Waals surface area contributed by atoms with E-state index in [1.165, 1.54) is 0 Å². The smallest absolute Gasteiger partial charge is 0.0947 e. The van der Waals surface area contributed by atoms with E-state index in [0.29, 0.717) is 6.54 Å². The van der Waals surface area contributed by atoms with Gasteiger partial charge in [-0.1, -0.05) is 47.0 Å². The maximum absolute atomic E-state index is 11.0. The number of nitrogens with two attached hydrogens (primary N) is 1. The Hall–Kier alpha value is -0.380. The molecule has 0 aromatic heterocycles. The SMILES string of the molecule is CC(O)(c1ccccc1Br)C1(CN)CCCC1. The molecule has 0 aliphatic heterocycles. The lowest BCUT2D eigenvalue weighted by Crippen LogP contribution is -2.47. The zero-order valence-electron chi connectivity index (χ0n) is 10.2. The summed E-state index contributed by atoms with van der Waals surface area (Å²) in [4.78, 5) is 0. The van der Waals surface area contributed by atoms with Crippen LogP contribution in [0, 0.1) is 5.41 Å². The first-order valence-electron chi connectivity index (χ1n) is 6.21. The van der Waals surface area contributed by atoms with Gasteiger partial charge in [0.15, 0.2) is 0 Å². The van der Waals surface area contributed by atoms with Gasteiger partial charge in [-0.3, -0.25) is 0 Å². The van der Waals surface area contributed by atoms with Gasteiger partial charge in [-0.25, -0.2) is 0 Å². The zero-order valence-corrected chi connectivity index (χ0v) is 11.8. The van der Waals surface area contributed by atoms with Crippen molar-refractivity contribution in [2.45, 2.75) is 38.2 Å². The minimum atomic E-state index is -0.863. The van der Waals surface area contributed by atoms with Gasteiger partial charge >= 0.3 is 0 Å². The van der Waals surface area contributed by atoms with Crippen LogP contribution >= 0.6 is 15.9 Å². The highest BCUT2D eigenvalue weighted by Gasteiger charge is 2.49. The van der Waals surface area contributed by atoms with Crippen LogP contribution in [0.2, 0.25) is 0 Å². The number of hydrogen-bond donors (Lipinski definition) is 2. The topological polar surface area (TPSA) is 46.2 Å². The first kappa shape index (κ1) is 13.1. The molecule has 0 heterocycles. The van der Waals surface area contributed by atoms with Crippen molar-refractivity contribution in [1.29, 1.82) is 0 Å². The van der Waals surface area contributed by atoms with Gasteiger partial charge in [-0.05, 0) is 31.4 Å². The summed E-state index contributed by atoms with van der Waals surface area (Å²) in [5, 5.41) is 11.0. The van der Waals surface area contributed by atoms with Crippen molar-refractivity contribution in [3.63, 3.8) is 0 Å². The molecule has 2 rings (SSSR count). The summed E-state index contributed by atoms with van der Waals surface area (Å²) in [6.07, 6.45) is 4.35. The van der Waals surface area contributed by atoms with Gasteiger partial charge in [-0.2, -0.15) is 0 Å². The van der Waals surface area contributed by atoms with Crippen molar-refractivity contribution in [1.82, 2.24) is 0 Å². The fourth-order valence-corrected chi connectivity index (χ4v) is 3.75. The largest absolute Gasteiger partial charge is 0.385 e. The second-order valence-electron chi connectivity index (χ2n) is 5.24. The first-order chi connectivity index (χ1) is 8.03. The molecule has 0 saturated heterocycles. The van der Waals surface area contributed by atoms with Gasteiger partial charge in [0.25, 0.3) is 0 Å². The average molecular weight is 298 g/mol. The van der Waals surface area contributed by atoms with Crippen molar-refractivity contribution in [3.05, 3.63) is 34.3 Å². The van der Waals surface area contributed by atoms with Crippen LogP contribution in [-0.4, -0.2) is 11.7 Å². The highest BCUT2D eigenvalue weighted by atomic mass is 79.9. The van der Waals surface area contributed by atoms with E-state index in [2.05, 4.69) is 15.9 Å². The molecule has 0 spiro atoms. The Morgan fingerprint density at radius 3 is 2.47 bits per heavy atom. The van der Waals surface area contributed by atoms with Gasteiger partial charge in [0.1, 0.15) is 0 Å². The van der Waals surface area contributed by atoms with Crippen molar-refractivity contribution in [2.75, 3.05) is 6.54 Å². The van der Waals surface area contributed by atoms with Crippen LogP contribution in [0.5, 0.6) is 0 Å². The minimum Gasteiger partial charge on any atom is -0.385 e. The Morgan fingerprint density at radius 1 is 1.35 bits per heavy atom. The van der Waals surface area contributed by atoms with Crippen LogP contribution in [-0.2, 0) is 5.60 Å². The Balaban J connectivity index is 2.45. The molecule has 1 aromatic carbocycles. The zero-order chi connectivity index (χ0) is 12.5. The highest BCUT2D eigenvalue weighted by Crippen LogP contribution is 2.51. The van der Waals surface area contributed by atoms with E-state index >= 15 is 0 Å². The summed E-state index contributed by atoms with van der Waals surface area (Å²) >= 11 is 3.53. The molecule has 1 saturated carbocycles. The van der Waals surface area contributed by atoms with Crippen LogP contribution in [0.25, 0.3) is 0 Å². The number of aliphatic hydroxyl groups is 1. The van der Waals surface area contributed by atoms with Gasteiger partial charge in [-0.15, -0.1) is 0 Å². The molecule has 1 aliphatic carbocycles. The Morgan fingerprint density at radius 2 is 1.94 bits per heavy atom. The number of halogens is 1. The van der Waals surface area contributed by atoms with E-state index in [9.17, 15) is 5.11 Å². The maximum Gasteiger partial charge on any atom is 0.0947 e. The molecule has 17 heavy (non-hydrogen) atoms. The predicted molar refractivity (Wildman–Crippen MR) is 73.7 cm³/mol. The van der Waals surface area contributed by atoms with E-state index in [-0.39, 0.29) is 5.41 Å². The second-order valence-corrected chi connectivity index (χ2v) is 6.10. The van der Waals surface area contributed by atoms with E-state index in [4.69, 9.17) is 5.73 Å². The molecule has 2 nitrogen and oxygen atoms in total. The van der Waals surface area contributed by atoms with Crippen molar-refractivity contribution < 1.29 is 5.11 Å². The molecule has 0 bridgehead atoms.